The summed E-state index contributed by atoms with van der Waals surface area (Å²) >= 11 is 0. The molecule has 2 aromatic carbocycles. The van der Waals surface area contributed by atoms with Crippen LogP contribution in [0.15, 0.2) is 73.1 Å². The van der Waals surface area contributed by atoms with Crippen LogP contribution in [0.1, 0.15) is 10.4 Å². The number of nitro benzene ring substituents is 1. The molecule has 0 aliphatic rings. The van der Waals surface area contributed by atoms with E-state index < -0.39 is 10.8 Å². The molecule has 1 heterocycles. The van der Waals surface area contributed by atoms with E-state index in [0.717, 1.165) is 5.56 Å². The van der Waals surface area contributed by atoms with Crippen LogP contribution in [-0.2, 0) is 0 Å². The molecule has 0 atom stereocenters. The van der Waals surface area contributed by atoms with Gasteiger partial charge in [-0.1, -0.05) is 36.4 Å². The number of nitrogens with zero attached hydrogens (tertiary/aromatic N) is 2. The lowest BCUT2D eigenvalue weighted by Gasteiger charge is -2.08. The Labute approximate surface area is 137 Å². The molecule has 6 heteroatoms. The summed E-state index contributed by atoms with van der Waals surface area (Å²) in [5.41, 5.74) is 1.90. The van der Waals surface area contributed by atoms with E-state index in [-0.39, 0.29) is 11.4 Å². The predicted molar refractivity (Wildman–Crippen MR) is 90.7 cm³/mol. The van der Waals surface area contributed by atoms with Gasteiger partial charge in [-0.25, -0.2) is 0 Å². The third-order valence-corrected chi connectivity index (χ3v) is 3.47. The van der Waals surface area contributed by atoms with Crippen molar-refractivity contribution in [2.75, 3.05) is 5.32 Å². The number of hydrogen-bond donors (Lipinski definition) is 1. The number of amides is 1. The van der Waals surface area contributed by atoms with E-state index in [9.17, 15) is 14.9 Å². The zero-order valence-electron chi connectivity index (χ0n) is 12.5. The SMILES string of the molecule is O=C(Nc1ccc(-c2ccccc2)cc1[N+](=O)[O-])c1cccnc1. The van der Waals surface area contributed by atoms with Crippen LogP contribution < -0.4 is 5.32 Å². The second-order valence-electron chi connectivity index (χ2n) is 5.05. The Hall–Kier alpha value is -3.54. The minimum Gasteiger partial charge on any atom is -0.316 e. The Kier molecular flexibility index (Phi) is 4.29. The van der Waals surface area contributed by atoms with Gasteiger partial charge in [0.05, 0.1) is 10.5 Å². The molecule has 3 rings (SSSR count). The van der Waals surface area contributed by atoms with Crippen molar-refractivity contribution in [2.24, 2.45) is 0 Å². The highest BCUT2D eigenvalue weighted by molar-refractivity contribution is 6.05. The molecule has 1 N–H and O–H groups in total. The molecular weight excluding hydrogens is 306 g/mol. The second kappa shape index (κ2) is 6.70. The number of pyridine rings is 1. The average Bonchev–Trinajstić information content (AvgIpc) is 2.63. The van der Waals surface area contributed by atoms with Gasteiger partial charge in [0.25, 0.3) is 11.6 Å². The minimum atomic E-state index is -0.509. The first kappa shape index (κ1) is 15.4. The molecule has 0 saturated heterocycles. The number of benzene rings is 2. The van der Waals surface area contributed by atoms with Crippen molar-refractivity contribution in [3.05, 3.63) is 88.7 Å². The van der Waals surface area contributed by atoms with Crippen LogP contribution in [0, 0.1) is 10.1 Å². The van der Waals surface area contributed by atoms with E-state index in [1.165, 1.54) is 18.3 Å². The second-order valence-corrected chi connectivity index (χ2v) is 5.05. The largest absolute Gasteiger partial charge is 0.316 e. The molecule has 0 saturated carbocycles. The minimum absolute atomic E-state index is 0.147. The van der Waals surface area contributed by atoms with Gasteiger partial charge in [0, 0.05) is 18.5 Å². The van der Waals surface area contributed by atoms with Crippen molar-refractivity contribution < 1.29 is 9.72 Å². The normalized spacial score (nSPS) is 10.2. The number of hydrogen-bond acceptors (Lipinski definition) is 4. The maximum absolute atomic E-state index is 12.2. The van der Waals surface area contributed by atoms with Crippen molar-refractivity contribution in [1.29, 1.82) is 0 Å². The van der Waals surface area contributed by atoms with E-state index in [1.54, 1.807) is 24.4 Å². The zero-order valence-corrected chi connectivity index (χ0v) is 12.5. The number of carbonyl (C=O) groups is 1. The monoisotopic (exact) mass is 319 g/mol. The van der Waals surface area contributed by atoms with Gasteiger partial charge < -0.3 is 5.32 Å². The summed E-state index contributed by atoms with van der Waals surface area (Å²) in [6.07, 6.45) is 2.95. The Bertz CT molecular complexity index is 881. The van der Waals surface area contributed by atoms with Crippen LogP contribution in [-0.4, -0.2) is 15.8 Å². The zero-order chi connectivity index (χ0) is 16.9. The summed E-state index contributed by atoms with van der Waals surface area (Å²) in [5, 5.41) is 13.9. The lowest BCUT2D eigenvalue weighted by atomic mass is 10.0. The number of aromatic nitrogens is 1. The summed E-state index contributed by atoms with van der Waals surface area (Å²) in [6, 6.07) is 17.3. The fourth-order valence-corrected chi connectivity index (χ4v) is 2.29. The first-order chi connectivity index (χ1) is 11.6. The molecular formula is C18H13N3O3. The quantitative estimate of drug-likeness (QED) is 0.583. The van der Waals surface area contributed by atoms with Crippen molar-refractivity contribution in [3.63, 3.8) is 0 Å². The molecule has 3 aromatic rings. The van der Waals surface area contributed by atoms with Crippen molar-refractivity contribution in [2.45, 2.75) is 0 Å². The van der Waals surface area contributed by atoms with Gasteiger partial charge in [-0.3, -0.25) is 19.9 Å². The highest BCUT2D eigenvalue weighted by Gasteiger charge is 2.18. The maximum atomic E-state index is 12.2. The molecule has 1 amide bonds. The fraction of sp³-hybridized carbons (Fsp3) is 0. The van der Waals surface area contributed by atoms with Crippen molar-refractivity contribution in [3.8, 4) is 11.1 Å². The summed E-state index contributed by atoms with van der Waals surface area (Å²) in [5.74, 6) is -0.446. The predicted octanol–water partition coefficient (Wildman–Crippen LogP) is 3.91. The highest BCUT2D eigenvalue weighted by atomic mass is 16.6. The lowest BCUT2D eigenvalue weighted by molar-refractivity contribution is -0.383. The van der Waals surface area contributed by atoms with Crippen LogP contribution in [0.3, 0.4) is 0 Å². The molecule has 118 valence electrons. The van der Waals surface area contributed by atoms with Gasteiger partial charge in [0.15, 0.2) is 0 Å². The number of anilines is 1. The van der Waals surface area contributed by atoms with Gasteiger partial charge >= 0.3 is 0 Å². The molecule has 0 aliphatic heterocycles. The van der Waals surface area contributed by atoms with Gasteiger partial charge in [0.1, 0.15) is 5.69 Å². The van der Waals surface area contributed by atoms with Crippen LogP contribution in [0.4, 0.5) is 11.4 Å². The van der Waals surface area contributed by atoms with E-state index in [2.05, 4.69) is 10.3 Å². The first-order valence-electron chi connectivity index (χ1n) is 7.20. The molecule has 24 heavy (non-hydrogen) atoms. The molecule has 1 aromatic heterocycles. The molecule has 0 unspecified atom stereocenters. The molecule has 0 radical (unpaired) electrons. The number of rotatable bonds is 4. The van der Waals surface area contributed by atoms with E-state index in [0.29, 0.717) is 11.1 Å². The average molecular weight is 319 g/mol. The Morgan fingerprint density at radius 3 is 2.46 bits per heavy atom. The summed E-state index contributed by atoms with van der Waals surface area (Å²) < 4.78 is 0. The van der Waals surface area contributed by atoms with Crippen LogP contribution >= 0.6 is 0 Å². The van der Waals surface area contributed by atoms with Gasteiger partial charge in [-0.05, 0) is 29.3 Å². The molecule has 0 spiro atoms. The Morgan fingerprint density at radius 1 is 1.00 bits per heavy atom. The van der Waals surface area contributed by atoms with Gasteiger partial charge in [-0.15, -0.1) is 0 Å². The van der Waals surface area contributed by atoms with Crippen LogP contribution in [0.5, 0.6) is 0 Å². The van der Waals surface area contributed by atoms with Gasteiger partial charge in [-0.2, -0.15) is 0 Å². The third kappa shape index (κ3) is 3.27. The molecule has 0 bridgehead atoms. The topological polar surface area (TPSA) is 85.1 Å². The highest BCUT2D eigenvalue weighted by Crippen LogP contribution is 2.30. The number of nitrogens with one attached hydrogen (secondary N) is 1. The lowest BCUT2D eigenvalue weighted by Crippen LogP contribution is -2.13. The summed E-state index contributed by atoms with van der Waals surface area (Å²) in [6.45, 7) is 0. The van der Waals surface area contributed by atoms with Crippen LogP contribution in [0.25, 0.3) is 11.1 Å². The molecule has 0 aliphatic carbocycles. The summed E-state index contributed by atoms with van der Waals surface area (Å²) in [7, 11) is 0. The van der Waals surface area contributed by atoms with Crippen molar-refractivity contribution in [1.82, 2.24) is 4.98 Å². The first-order valence-corrected chi connectivity index (χ1v) is 7.20. The van der Waals surface area contributed by atoms with Crippen molar-refractivity contribution >= 4 is 17.3 Å². The number of nitro groups is 1. The standard InChI is InChI=1S/C18H13N3O3/c22-18(15-7-4-10-19-12-15)20-16-9-8-14(11-17(16)21(23)24)13-5-2-1-3-6-13/h1-12H,(H,20,22). The van der Waals surface area contributed by atoms with Gasteiger partial charge in [0.2, 0.25) is 0 Å². The van der Waals surface area contributed by atoms with Crippen LogP contribution in [0.2, 0.25) is 0 Å². The van der Waals surface area contributed by atoms with E-state index in [4.69, 9.17) is 0 Å². The third-order valence-electron chi connectivity index (χ3n) is 3.47. The Balaban J connectivity index is 1.94. The molecule has 0 fully saturated rings. The number of carbonyl (C=O) groups excluding carboxylic acids is 1. The molecule has 6 nitrogen and oxygen atoms in total. The van der Waals surface area contributed by atoms with E-state index in [1.807, 2.05) is 30.3 Å². The smallest absolute Gasteiger partial charge is 0.293 e. The summed E-state index contributed by atoms with van der Waals surface area (Å²) in [4.78, 5) is 26.9. The Morgan fingerprint density at radius 2 is 1.79 bits per heavy atom. The fourth-order valence-electron chi connectivity index (χ4n) is 2.29. The van der Waals surface area contributed by atoms with E-state index >= 15 is 0 Å². The maximum Gasteiger partial charge on any atom is 0.293 e.